The fraction of sp³-hybridized carbons (Fsp3) is 0.600. The molecule has 1 unspecified atom stereocenters. The van der Waals surface area contributed by atoms with Crippen LogP contribution in [0.2, 0.25) is 0 Å². The van der Waals surface area contributed by atoms with Crippen LogP contribution in [0.4, 0.5) is 0 Å². The number of rotatable bonds is 5. The molecular weight excluding hydrogens is 222 g/mol. The Morgan fingerprint density at radius 2 is 2.22 bits per heavy atom. The maximum atomic E-state index is 3.56. The third-order valence-electron chi connectivity index (χ3n) is 3.88. The molecule has 1 atom stereocenters. The lowest BCUT2D eigenvalue weighted by Crippen LogP contribution is -2.50. The molecule has 0 amide bonds. The van der Waals surface area contributed by atoms with E-state index in [4.69, 9.17) is 0 Å². The fourth-order valence-electron chi connectivity index (χ4n) is 2.49. The molecule has 3 heteroatoms. The van der Waals surface area contributed by atoms with Gasteiger partial charge in [0.1, 0.15) is 0 Å². The number of hydrogen-bond donors (Lipinski definition) is 2. The lowest BCUT2D eigenvalue weighted by molar-refractivity contribution is 0.189. The van der Waals surface area contributed by atoms with Crippen LogP contribution >= 0.6 is 0 Å². The third-order valence-corrected chi connectivity index (χ3v) is 3.88. The van der Waals surface area contributed by atoms with Gasteiger partial charge in [0.2, 0.25) is 0 Å². The Morgan fingerprint density at radius 3 is 3.00 bits per heavy atom. The minimum absolute atomic E-state index is 0.683. The van der Waals surface area contributed by atoms with Crippen molar-refractivity contribution in [1.29, 1.82) is 0 Å². The van der Waals surface area contributed by atoms with Gasteiger partial charge in [-0.05, 0) is 38.1 Å². The normalized spacial score (nSPS) is 21.1. The number of nitrogens with zero attached hydrogens (tertiary/aromatic N) is 1. The van der Waals surface area contributed by atoms with Gasteiger partial charge in [0.15, 0.2) is 0 Å². The SMILES string of the molecule is Cc1ccccc1CNCCC1CNCCN1C. The van der Waals surface area contributed by atoms with E-state index in [-0.39, 0.29) is 0 Å². The van der Waals surface area contributed by atoms with E-state index in [0.29, 0.717) is 6.04 Å². The van der Waals surface area contributed by atoms with E-state index in [1.54, 1.807) is 0 Å². The highest BCUT2D eigenvalue weighted by Gasteiger charge is 2.17. The van der Waals surface area contributed by atoms with Crippen molar-refractivity contribution in [3.05, 3.63) is 35.4 Å². The van der Waals surface area contributed by atoms with Gasteiger partial charge in [0.05, 0.1) is 0 Å². The highest BCUT2D eigenvalue weighted by Crippen LogP contribution is 2.07. The van der Waals surface area contributed by atoms with Crippen LogP contribution in [0.15, 0.2) is 24.3 Å². The van der Waals surface area contributed by atoms with Gasteiger partial charge in [-0.1, -0.05) is 24.3 Å². The first kappa shape index (κ1) is 13.5. The summed E-state index contributed by atoms with van der Waals surface area (Å²) in [4.78, 5) is 2.46. The van der Waals surface area contributed by atoms with Crippen molar-refractivity contribution in [3.8, 4) is 0 Å². The van der Waals surface area contributed by atoms with Gasteiger partial charge >= 0.3 is 0 Å². The van der Waals surface area contributed by atoms with Crippen LogP contribution in [0, 0.1) is 6.92 Å². The van der Waals surface area contributed by atoms with Gasteiger partial charge in [-0.15, -0.1) is 0 Å². The van der Waals surface area contributed by atoms with Crippen molar-refractivity contribution in [2.75, 3.05) is 33.2 Å². The molecular formula is C15H25N3. The van der Waals surface area contributed by atoms with Crippen molar-refractivity contribution in [1.82, 2.24) is 15.5 Å². The van der Waals surface area contributed by atoms with Gasteiger partial charge in [0, 0.05) is 32.2 Å². The Morgan fingerprint density at radius 1 is 1.39 bits per heavy atom. The van der Waals surface area contributed by atoms with Gasteiger partial charge in [-0.25, -0.2) is 0 Å². The molecule has 18 heavy (non-hydrogen) atoms. The molecule has 1 aromatic carbocycles. The molecule has 0 spiro atoms. The second kappa shape index (κ2) is 6.88. The quantitative estimate of drug-likeness (QED) is 0.770. The maximum Gasteiger partial charge on any atom is 0.0230 e. The molecule has 1 aliphatic rings. The van der Waals surface area contributed by atoms with Crippen LogP contribution in [0.5, 0.6) is 0 Å². The van der Waals surface area contributed by atoms with Crippen LogP contribution in [-0.2, 0) is 6.54 Å². The van der Waals surface area contributed by atoms with E-state index in [2.05, 4.69) is 53.8 Å². The van der Waals surface area contributed by atoms with Crippen molar-refractivity contribution in [3.63, 3.8) is 0 Å². The lowest BCUT2D eigenvalue weighted by atomic mass is 10.1. The predicted octanol–water partition coefficient (Wildman–Crippen LogP) is 1.38. The predicted molar refractivity (Wildman–Crippen MR) is 76.8 cm³/mol. The monoisotopic (exact) mass is 247 g/mol. The van der Waals surface area contributed by atoms with E-state index >= 15 is 0 Å². The topological polar surface area (TPSA) is 27.3 Å². The Labute approximate surface area is 111 Å². The highest BCUT2D eigenvalue weighted by atomic mass is 15.2. The Kier molecular flexibility index (Phi) is 5.17. The van der Waals surface area contributed by atoms with Crippen LogP contribution in [0.25, 0.3) is 0 Å². The largest absolute Gasteiger partial charge is 0.314 e. The summed E-state index contributed by atoms with van der Waals surface area (Å²) in [5.41, 5.74) is 2.79. The van der Waals surface area contributed by atoms with E-state index in [0.717, 1.165) is 26.2 Å². The molecule has 0 aliphatic carbocycles. The highest BCUT2D eigenvalue weighted by molar-refractivity contribution is 5.25. The molecule has 3 nitrogen and oxygen atoms in total. The summed E-state index contributed by atoms with van der Waals surface area (Å²) in [6.45, 7) is 7.67. The molecule has 1 heterocycles. The molecule has 1 aliphatic heterocycles. The molecule has 0 aromatic heterocycles. The zero-order valence-corrected chi connectivity index (χ0v) is 11.6. The second-order valence-corrected chi connectivity index (χ2v) is 5.23. The van der Waals surface area contributed by atoms with Gasteiger partial charge in [0.25, 0.3) is 0 Å². The van der Waals surface area contributed by atoms with Crippen LogP contribution in [0.1, 0.15) is 17.5 Å². The summed E-state index contributed by atoms with van der Waals surface area (Å²) in [6.07, 6.45) is 1.22. The van der Waals surface area contributed by atoms with E-state index in [1.165, 1.54) is 24.1 Å². The summed E-state index contributed by atoms with van der Waals surface area (Å²) in [5.74, 6) is 0. The van der Waals surface area contributed by atoms with Gasteiger partial charge in [-0.3, -0.25) is 0 Å². The fourth-order valence-corrected chi connectivity index (χ4v) is 2.49. The molecule has 1 aromatic rings. The van der Waals surface area contributed by atoms with Gasteiger partial charge in [-0.2, -0.15) is 0 Å². The maximum absolute atomic E-state index is 3.56. The van der Waals surface area contributed by atoms with E-state index < -0.39 is 0 Å². The summed E-state index contributed by atoms with van der Waals surface area (Å²) in [7, 11) is 2.23. The summed E-state index contributed by atoms with van der Waals surface area (Å²) in [6, 6.07) is 9.28. The second-order valence-electron chi connectivity index (χ2n) is 5.23. The number of hydrogen-bond acceptors (Lipinski definition) is 3. The summed E-state index contributed by atoms with van der Waals surface area (Å²) >= 11 is 0. The molecule has 1 saturated heterocycles. The molecule has 100 valence electrons. The van der Waals surface area contributed by atoms with Crippen LogP contribution in [-0.4, -0.2) is 44.2 Å². The minimum Gasteiger partial charge on any atom is -0.314 e. The number of piperazine rings is 1. The van der Waals surface area contributed by atoms with E-state index in [9.17, 15) is 0 Å². The minimum atomic E-state index is 0.683. The lowest BCUT2D eigenvalue weighted by Gasteiger charge is -2.33. The number of likely N-dealkylation sites (N-methyl/N-ethyl adjacent to an activating group) is 1. The van der Waals surface area contributed by atoms with Crippen molar-refractivity contribution < 1.29 is 0 Å². The van der Waals surface area contributed by atoms with Gasteiger partial charge < -0.3 is 15.5 Å². The smallest absolute Gasteiger partial charge is 0.0230 e. The average molecular weight is 247 g/mol. The zero-order valence-electron chi connectivity index (χ0n) is 11.6. The van der Waals surface area contributed by atoms with Crippen molar-refractivity contribution in [2.45, 2.75) is 25.9 Å². The Bertz CT molecular complexity index is 365. The average Bonchev–Trinajstić information content (AvgIpc) is 2.38. The number of nitrogens with one attached hydrogen (secondary N) is 2. The third kappa shape index (κ3) is 3.80. The summed E-state index contributed by atoms with van der Waals surface area (Å²) in [5, 5.41) is 7.02. The van der Waals surface area contributed by atoms with E-state index in [1.807, 2.05) is 0 Å². The number of benzene rings is 1. The van der Waals surface area contributed by atoms with Crippen LogP contribution in [0.3, 0.4) is 0 Å². The Balaban J connectivity index is 1.68. The molecule has 0 radical (unpaired) electrons. The molecule has 2 rings (SSSR count). The number of aryl methyl sites for hydroxylation is 1. The zero-order chi connectivity index (χ0) is 12.8. The molecule has 0 saturated carbocycles. The first-order valence-corrected chi connectivity index (χ1v) is 6.93. The molecule has 0 bridgehead atoms. The van der Waals surface area contributed by atoms with Crippen LogP contribution < -0.4 is 10.6 Å². The molecule has 1 fully saturated rings. The van der Waals surface area contributed by atoms with Crippen molar-refractivity contribution in [2.24, 2.45) is 0 Å². The molecule has 2 N–H and O–H groups in total. The first-order valence-electron chi connectivity index (χ1n) is 6.93. The Hall–Kier alpha value is -0.900. The van der Waals surface area contributed by atoms with Crippen molar-refractivity contribution >= 4 is 0 Å². The first-order chi connectivity index (χ1) is 8.77. The summed E-state index contributed by atoms with van der Waals surface area (Å²) < 4.78 is 0. The standard InChI is InChI=1S/C15H25N3/c1-13-5-3-4-6-14(13)11-16-8-7-15-12-17-9-10-18(15)2/h3-6,15-17H,7-12H2,1-2H3.